The number of pyridine rings is 2. The van der Waals surface area contributed by atoms with E-state index in [0.717, 1.165) is 26.4 Å². The predicted octanol–water partition coefficient (Wildman–Crippen LogP) is 3.72. The molecule has 0 saturated heterocycles. The number of aromatic hydroxyl groups is 1. The van der Waals surface area contributed by atoms with Crippen LogP contribution in [0.15, 0.2) is 58.3 Å². The van der Waals surface area contributed by atoms with Crippen molar-refractivity contribution in [3.8, 4) is 11.9 Å². The molecule has 28 heavy (non-hydrogen) atoms. The number of hydrogen-bond acceptors (Lipinski definition) is 5. The van der Waals surface area contributed by atoms with Gasteiger partial charge in [-0.2, -0.15) is 5.26 Å². The summed E-state index contributed by atoms with van der Waals surface area (Å²) in [4.78, 5) is 21.5. The molecular formula is C22H16N4O2. The van der Waals surface area contributed by atoms with Crippen LogP contribution in [0.25, 0.3) is 21.8 Å². The first-order chi connectivity index (χ1) is 13.5. The van der Waals surface area contributed by atoms with E-state index in [-0.39, 0.29) is 11.4 Å². The Morgan fingerprint density at radius 2 is 1.68 bits per heavy atom. The van der Waals surface area contributed by atoms with Crippen LogP contribution in [0.1, 0.15) is 16.7 Å². The molecule has 0 fully saturated rings. The zero-order valence-electron chi connectivity index (χ0n) is 15.3. The summed E-state index contributed by atoms with van der Waals surface area (Å²) in [7, 11) is 1.42. The number of aromatic nitrogens is 2. The largest absolute Gasteiger partial charge is 0.494 e. The van der Waals surface area contributed by atoms with Gasteiger partial charge in [-0.15, -0.1) is 0 Å². The molecule has 0 aliphatic heterocycles. The van der Waals surface area contributed by atoms with Gasteiger partial charge in [0, 0.05) is 24.0 Å². The molecule has 4 aromatic rings. The van der Waals surface area contributed by atoms with Gasteiger partial charge in [-0.25, -0.2) is 4.98 Å². The first-order valence-electron chi connectivity index (χ1n) is 8.67. The molecule has 0 unspecified atom stereocenters. The number of para-hydroxylation sites is 2. The highest BCUT2D eigenvalue weighted by Gasteiger charge is 2.16. The van der Waals surface area contributed by atoms with Crippen LogP contribution in [-0.4, -0.2) is 20.9 Å². The van der Waals surface area contributed by atoms with Gasteiger partial charge < -0.3 is 5.11 Å². The number of nitrogens with zero attached hydrogens (tertiary/aromatic N) is 4. The van der Waals surface area contributed by atoms with Crippen molar-refractivity contribution < 1.29 is 5.11 Å². The van der Waals surface area contributed by atoms with E-state index in [1.807, 2.05) is 54.6 Å². The van der Waals surface area contributed by atoms with Gasteiger partial charge in [-0.05, 0) is 24.6 Å². The van der Waals surface area contributed by atoms with E-state index in [1.54, 1.807) is 6.92 Å². The van der Waals surface area contributed by atoms with Crippen molar-refractivity contribution in [2.75, 3.05) is 0 Å². The SMILES string of the molecule is Cc1c(C=Nc2c3ccccc3nc3ccccc23)c(O)n(C)c(=O)c1C#N. The third kappa shape index (κ3) is 2.61. The Hall–Kier alpha value is -3.98. The fraction of sp³-hybridized carbons (Fsp3) is 0.0909. The van der Waals surface area contributed by atoms with E-state index in [2.05, 4.69) is 9.98 Å². The van der Waals surface area contributed by atoms with Gasteiger partial charge >= 0.3 is 0 Å². The van der Waals surface area contributed by atoms with Crippen LogP contribution < -0.4 is 5.56 Å². The van der Waals surface area contributed by atoms with Crippen molar-refractivity contribution in [1.82, 2.24) is 9.55 Å². The molecule has 0 amide bonds. The Bertz CT molecular complexity index is 1320. The summed E-state index contributed by atoms with van der Waals surface area (Å²) in [6.07, 6.45) is 1.50. The summed E-state index contributed by atoms with van der Waals surface area (Å²) in [5.41, 5.74) is 2.53. The lowest BCUT2D eigenvalue weighted by Crippen LogP contribution is -2.22. The zero-order chi connectivity index (χ0) is 19.8. The fourth-order valence-corrected chi connectivity index (χ4v) is 3.28. The molecule has 2 aromatic carbocycles. The highest BCUT2D eigenvalue weighted by atomic mass is 16.3. The monoisotopic (exact) mass is 368 g/mol. The predicted molar refractivity (Wildman–Crippen MR) is 109 cm³/mol. The average molecular weight is 368 g/mol. The van der Waals surface area contributed by atoms with Gasteiger partial charge in [-0.3, -0.25) is 14.4 Å². The number of fused-ring (bicyclic) bond motifs is 2. The highest BCUT2D eigenvalue weighted by Crippen LogP contribution is 2.33. The Kier molecular flexibility index (Phi) is 4.13. The van der Waals surface area contributed by atoms with Crippen molar-refractivity contribution >= 4 is 33.7 Å². The molecule has 0 atom stereocenters. The van der Waals surface area contributed by atoms with Crippen LogP contribution in [0, 0.1) is 18.3 Å². The second-order valence-corrected chi connectivity index (χ2v) is 6.47. The van der Waals surface area contributed by atoms with Gasteiger partial charge in [0.1, 0.15) is 11.6 Å². The minimum atomic E-state index is -0.533. The van der Waals surface area contributed by atoms with E-state index < -0.39 is 5.56 Å². The Balaban J connectivity index is 2.01. The number of rotatable bonds is 2. The van der Waals surface area contributed by atoms with Crippen LogP contribution in [0.2, 0.25) is 0 Å². The molecule has 6 nitrogen and oxygen atoms in total. The minimum Gasteiger partial charge on any atom is -0.494 e. The Morgan fingerprint density at radius 3 is 2.25 bits per heavy atom. The number of hydrogen-bond donors (Lipinski definition) is 1. The summed E-state index contributed by atoms with van der Waals surface area (Å²) in [6, 6.07) is 17.3. The van der Waals surface area contributed by atoms with Gasteiger partial charge in [0.15, 0.2) is 0 Å². The normalized spacial score (nSPS) is 11.3. The van der Waals surface area contributed by atoms with E-state index in [1.165, 1.54) is 13.3 Å². The maximum Gasteiger partial charge on any atom is 0.271 e. The Morgan fingerprint density at radius 1 is 1.11 bits per heavy atom. The number of nitriles is 1. The second kappa shape index (κ2) is 6.63. The van der Waals surface area contributed by atoms with Crippen molar-refractivity contribution in [2.45, 2.75) is 6.92 Å². The lowest BCUT2D eigenvalue weighted by molar-refractivity contribution is 0.421. The standard InChI is InChI=1S/C22H16N4O2/c1-13-16(11-23)21(27)26(2)22(28)17(13)12-24-20-14-7-3-5-9-18(14)25-19-10-6-4-8-15(19)20/h3-10,12,28H,1-2H3. The molecule has 0 radical (unpaired) electrons. The van der Waals surface area contributed by atoms with Gasteiger partial charge in [0.2, 0.25) is 5.88 Å². The van der Waals surface area contributed by atoms with Crippen molar-refractivity contribution in [3.05, 3.63) is 75.6 Å². The maximum atomic E-state index is 12.1. The van der Waals surface area contributed by atoms with E-state index >= 15 is 0 Å². The molecule has 0 aliphatic rings. The van der Waals surface area contributed by atoms with E-state index in [0.29, 0.717) is 16.8 Å². The summed E-state index contributed by atoms with van der Waals surface area (Å²) in [5, 5.41) is 21.5. The van der Waals surface area contributed by atoms with Crippen molar-refractivity contribution in [2.24, 2.45) is 12.0 Å². The molecule has 136 valence electrons. The molecule has 6 heteroatoms. The van der Waals surface area contributed by atoms with Crippen LogP contribution in [0.3, 0.4) is 0 Å². The molecule has 0 spiro atoms. The third-order valence-electron chi connectivity index (χ3n) is 4.85. The molecule has 0 saturated carbocycles. The maximum absolute atomic E-state index is 12.1. The first kappa shape index (κ1) is 17.4. The quantitative estimate of drug-likeness (QED) is 0.431. The van der Waals surface area contributed by atoms with Crippen LogP contribution >= 0.6 is 0 Å². The summed E-state index contributed by atoms with van der Waals surface area (Å²) >= 11 is 0. The van der Waals surface area contributed by atoms with Crippen LogP contribution in [-0.2, 0) is 7.05 Å². The first-order valence-corrected chi connectivity index (χ1v) is 8.67. The van der Waals surface area contributed by atoms with Crippen molar-refractivity contribution in [1.29, 1.82) is 5.26 Å². The fourth-order valence-electron chi connectivity index (χ4n) is 3.28. The van der Waals surface area contributed by atoms with E-state index in [4.69, 9.17) is 0 Å². The highest BCUT2D eigenvalue weighted by molar-refractivity contribution is 6.07. The van der Waals surface area contributed by atoms with E-state index in [9.17, 15) is 15.2 Å². The molecule has 0 aliphatic carbocycles. The summed E-state index contributed by atoms with van der Waals surface area (Å²) in [5.74, 6) is -0.229. The smallest absolute Gasteiger partial charge is 0.271 e. The molecular weight excluding hydrogens is 352 g/mol. The van der Waals surface area contributed by atoms with Crippen LogP contribution in [0.5, 0.6) is 5.88 Å². The lowest BCUT2D eigenvalue weighted by atomic mass is 10.1. The molecule has 2 aromatic heterocycles. The van der Waals surface area contributed by atoms with Gasteiger partial charge in [0.05, 0.1) is 22.3 Å². The van der Waals surface area contributed by atoms with Crippen LogP contribution in [0.4, 0.5) is 5.69 Å². The third-order valence-corrected chi connectivity index (χ3v) is 4.85. The summed E-state index contributed by atoms with van der Waals surface area (Å²) < 4.78 is 1.05. The molecule has 4 rings (SSSR count). The lowest BCUT2D eigenvalue weighted by Gasteiger charge is -2.10. The van der Waals surface area contributed by atoms with Crippen molar-refractivity contribution in [3.63, 3.8) is 0 Å². The topological polar surface area (TPSA) is 91.3 Å². The minimum absolute atomic E-state index is 0.00815. The van der Waals surface area contributed by atoms with Gasteiger partial charge in [-0.1, -0.05) is 36.4 Å². The Labute approximate surface area is 160 Å². The second-order valence-electron chi connectivity index (χ2n) is 6.47. The molecule has 1 N–H and O–H groups in total. The van der Waals surface area contributed by atoms with Gasteiger partial charge in [0.25, 0.3) is 5.56 Å². The number of aliphatic imine (C=N–C) groups is 1. The molecule has 0 bridgehead atoms. The average Bonchev–Trinajstić information content (AvgIpc) is 2.72. The zero-order valence-corrected chi connectivity index (χ0v) is 15.3. The molecule has 2 heterocycles. The summed E-state index contributed by atoms with van der Waals surface area (Å²) in [6.45, 7) is 1.63. The number of benzene rings is 2.